The van der Waals surface area contributed by atoms with Crippen LogP contribution < -0.4 is 14.6 Å². The number of amidine groups is 1. The highest BCUT2D eigenvalue weighted by Crippen LogP contribution is 2.36. The highest BCUT2D eigenvalue weighted by atomic mass is 35.5. The first-order valence-corrected chi connectivity index (χ1v) is 9.52. The number of aliphatic imine (C=N–C) groups is 1. The average molecular weight is 432 g/mol. The number of aromatic carboxylic acids is 1. The third-order valence-electron chi connectivity index (χ3n) is 4.13. The number of hydrogen-bond acceptors (Lipinski definition) is 7. The van der Waals surface area contributed by atoms with E-state index < -0.39 is 5.97 Å². The Morgan fingerprint density at radius 2 is 1.97 bits per heavy atom. The van der Waals surface area contributed by atoms with Crippen molar-refractivity contribution in [3.63, 3.8) is 0 Å². The maximum Gasteiger partial charge on any atom is 0.266 e. The Balaban J connectivity index is 1.94. The number of likely N-dealkylation sites (N-methyl/N-ethyl adjacent to an activating group) is 1. The van der Waals surface area contributed by atoms with E-state index in [1.54, 1.807) is 44.5 Å². The molecule has 2 aromatic carbocycles. The van der Waals surface area contributed by atoms with Crippen LogP contribution in [0.5, 0.6) is 11.5 Å². The number of thioether (sulfide) groups is 1. The number of nitrogens with zero attached hydrogens (tertiary/aromatic N) is 2. The lowest BCUT2D eigenvalue weighted by Gasteiger charge is -2.09. The van der Waals surface area contributed by atoms with E-state index >= 15 is 0 Å². The molecule has 0 N–H and O–H groups in total. The van der Waals surface area contributed by atoms with E-state index in [-0.39, 0.29) is 16.5 Å². The molecule has 0 spiro atoms. The number of carboxylic acid groups (broad SMARTS) is 1. The highest BCUT2D eigenvalue weighted by molar-refractivity contribution is 8.18. The molecule has 7 nitrogen and oxygen atoms in total. The van der Waals surface area contributed by atoms with Gasteiger partial charge in [0.15, 0.2) is 5.17 Å². The number of carboxylic acids is 1. The van der Waals surface area contributed by atoms with Crippen LogP contribution in [0.25, 0.3) is 6.08 Å². The molecule has 1 heterocycles. The van der Waals surface area contributed by atoms with E-state index in [0.717, 1.165) is 0 Å². The van der Waals surface area contributed by atoms with Gasteiger partial charge in [-0.3, -0.25) is 9.69 Å². The van der Waals surface area contributed by atoms with Crippen LogP contribution in [0.3, 0.4) is 0 Å². The molecule has 3 rings (SSSR count). The van der Waals surface area contributed by atoms with Crippen molar-refractivity contribution in [2.75, 3.05) is 21.3 Å². The second-order valence-electron chi connectivity index (χ2n) is 5.93. The van der Waals surface area contributed by atoms with Gasteiger partial charge in [-0.2, -0.15) is 0 Å². The van der Waals surface area contributed by atoms with Gasteiger partial charge in [0.25, 0.3) is 5.91 Å². The predicted molar refractivity (Wildman–Crippen MR) is 111 cm³/mol. The van der Waals surface area contributed by atoms with Crippen LogP contribution in [-0.2, 0) is 4.79 Å². The van der Waals surface area contributed by atoms with Gasteiger partial charge in [0, 0.05) is 29.3 Å². The first-order valence-electron chi connectivity index (χ1n) is 8.33. The smallest absolute Gasteiger partial charge is 0.266 e. The number of carbonyl (C=O) groups excluding carboxylic acids is 2. The fraction of sp³-hybridized carbons (Fsp3) is 0.150. The van der Waals surface area contributed by atoms with Crippen LogP contribution in [0, 0.1) is 0 Å². The highest BCUT2D eigenvalue weighted by Gasteiger charge is 2.30. The summed E-state index contributed by atoms with van der Waals surface area (Å²) < 4.78 is 10.5. The molecule has 0 saturated carbocycles. The first kappa shape index (κ1) is 20.8. The predicted octanol–water partition coefficient (Wildman–Crippen LogP) is 2.95. The van der Waals surface area contributed by atoms with Crippen molar-refractivity contribution in [2.45, 2.75) is 0 Å². The van der Waals surface area contributed by atoms with Crippen molar-refractivity contribution in [1.29, 1.82) is 0 Å². The zero-order chi connectivity index (χ0) is 21.1. The van der Waals surface area contributed by atoms with Crippen molar-refractivity contribution in [3.8, 4) is 11.5 Å². The van der Waals surface area contributed by atoms with Crippen molar-refractivity contribution in [3.05, 3.63) is 57.5 Å². The Labute approximate surface area is 176 Å². The molecule has 29 heavy (non-hydrogen) atoms. The van der Waals surface area contributed by atoms with Crippen LogP contribution in [0.1, 0.15) is 15.9 Å². The van der Waals surface area contributed by atoms with Crippen LogP contribution in [0.4, 0.5) is 5.69 Å². The third kappa shape index (κ3) is 4.38. The van der Waals surface area contributed by atoms with E-state index in [9.17, 15) is 14.7 Å². The van der Waals surface area contributed by atoms with Crippen molar-refractivity contribution >= 4 is 52.2 Å². The summed E-state index contributed by atoms with van der Waals surface area (Å²) in [5, 5.41) is 11.6. The monoisotopic (exact) mass is 431 g/mol. The largest absolute Gasteiger partial charge is 0.545 e. The fourth-order valence-corrected chi connectivity index (χ4v) is 3.75. The molecular formula is C20H16ClN2O5S-. The molecule has 1 aliphatic rings. The van der Waals surface area contributed by atoms with E-state index in [2.05, 4.69) is 4.99 Å². The molecule has 150 valence electrons. The number of halogens is 1. The molecule has 2 aromatic rings. The Morgan fingerprint density at radius 1 is 1.21 bits per heavy atom. The number of amides is 1. The molecule has 0 radical (unpaired) electrons. The molecule has 0 aromatic heterocycles. The second kappa shape index (κ2) is 8.59. The lowest BCUT2D eigenvalue weighted by molar-refractivity contribution is -0.255. The normalized spacial score (nSPS) is 16.6. The zero-order valence-corrected chi connectivity index (χ0v) is 17.3. The topological polar surface area (TPSA) is 91.3 Å². The number of methoxy groups -OCH3 is 2. The molecule has 1 fully saturated rings. The molecule has 9 heteroatoms. The molecule has 0 unspecified atom stereocenters. The molecule has 1 amide bonds. The molecule has 0 bridgehead atoms. The number of ether oxygens (including phenoxy) is 2. The average Bonchev–Trinajstić information content (AvgIpc) is 2.97. The van der Waals surface area contributed by atoms with Crippen molar-refractivity contribution in [1.82, 2.24) is 4.90 Å². The van der Waals surface area contributed by atoms with E-state index in [1.807, 2.05) is 0 Å². The van der Waals surface area contributed by atoms with Gasteiger partial charge in [0.05, 0.1) is 30.8 Å². The van der Waals surface area contributed by atoms with Gasteiger partial charge in [-0.25, -0.2) is 4.99 Å². The quantitative estimate of drug-likeness (QED) is 0.676. The summed E-state index contributed by atoms with van der Waals surface area (Å²) >= 11 is 7.02. The van der Waals surface area contributed by atoms with E-state index in [0.29, 0.717) is 32.8 Å². The summed E-state index contributed by atoms with van der Waals surface area (Å²) in [4.78, 5) is 30.0. The van der Waals surface area contributed by atoms with Crippen LogP contribution in [0.15, 0.2) is 46.3 Å². The second-order valence-corrected chi connectivity index (χ2v) is 7.34. The van der Waals surface area contributed by atoms with E-state index in [1.165, 1.54) is 35.9 Å². The number of carbonyl (C=O) groups is 2. The van der Waals surface area contributed by atoms with E-state index in [4.69, 9.17) is 21.1 Å². The minimum atomic E-state index is -1.40. The SMILES string of the molecule is COc1ccc(/C=C2\SC(=Nc3ccc(Cl)c(C(=O)[O-])c3)N(C)C2=O)c(OC)c1. The van der Waals surface area contributed by atoms with Gasteiger partial charge >= 0.3 is 0 Å². The summed E-state index contributed by atoms with van der Waals surface area (Å²) in [5.41, 5.74) is 0.896. The lowest BCUT2D eigenvalue weighted by atomic mass is 10.1. The summed E-state index contributed by atoms with van der Waals surface area (Å²) in [6.45, 7) is 0. The van der Waals surface area contributed by atoms with Gasteiger partial charge in [-0.15, -0.1) is 0 Å². The summed E-state index contributed by atoms with van der Waals surface area (Å²) in [7, 11) is 4.69. The van der Waals surface area contributed by atoms with Gasteiger partial charge < -0.3 is 19.4 Å². The number of hydrogen-bond donors (Lipinski definition) is 0. The van der Waals surface area contributed by atoms with Gasteiger partial charge in [0.2, 0.25) is 0 Å². The number of rotatable bonds is 5. The van der Waals surface area contributed by atoms with Crippen LogP contribution >= 0.6 is 23.4 Å². The summed E-state index contributed by atoms with van der Waals surface area (Å²) in [5.74, 6) is -0.428. The van der Waals surface area contributed by atoms with Crippen LogP contribution in [-0.4, -0.2) is 43.2 Å². The standard InChI is InChI=1S/C20H17ClN2O5S/c1-23-18(24)17(8-11-4-6-13(27-2)10-16(11)28-3)29-20(23)22-12-5-7-15(21)14(9-12)19(25)26/h4-10H,1-3H3,(H,25,26)/p-1/b17-8-,22-20?. The third-order valence-corrected chi connectivity index (χ3v) is 5.52. The molecule has 1 aliphatic heterocycles. The number of benzene rings is 2. The van der Waals surface area contributed by atoms with Gasteiger partial charge in [-0.1, -0.05) is 11.6 Å². The zero-order valence-electron chi connectivity index (χ0n) is 15.8. The van der Waals surface area contributed by atoms with Gasteiger partial charge in [-0.05, 0) is 48.2 Å². The minimum absolute atomic E-state index is 0.0599. The summed E-state index contributed by atoms with van der Waals surface area (Å²) in [6.07, 6.45) is 1.71. The van der Waals surface area contributed by atoms with Gasteiger partial charge in [0.1, 0.15) is 11.5 Å². The van der Waals surface area contributed by atoms with Crippen molar-refractivity contribution < 1.29 is 24.2 Å². The molecule has 1 saturated heterocycles. The lowest BCUT2D eigenvalue weighted by Crippen LogP contribution is -2.24. The molecule has 0 atom stereocenters. The van der Waals surface area contributed by atoms with Crippen LogP contribution in [0.2, 0.25) is 5.02 Å². The molecular weight excluding hydrogens is 416 g/mol. The minimum Gasteiger partial charge on any atom is -0.545 e. The fourth-order valence-electron chi connectivity index (χ4n) is 2.58. The Bertz CT molecular complexity index is 1050. The Hall–Kier alpha value is -2.97. The molecule has 0 aliphatic carbocycles. The van der Waals surface area contributed by atoms with Crippen molar-refractivity contribution in [2.24, 2.45) is 4.99 Å². The Kier molecular flexibility index (Phi) is 6.14. The Morgan fingerprint density at radius 3 is 2.62 bits per heavy atom. The summed E-state index contributed by atoms with van der Waals surface area (Å²) in [6, 6.07) is 9.58. The first-order chi connectivity index (χ1) is 13.8. The maximum absolute atomic E-state index is 12.6. The maximum atomic E-state index is 12.6.